The number of hydrogen-bond donors (Lipinski definition) is 3. The molecular formula is C19H25F3IN5O2S. The van der Waals surface area contributed by atoms with Gasteiger partial charge in [0.15, 0.2) is 18.3 Å². The van der Waals surface area contributed by atoms with Crippen LogP contribution in [-0.2, 0) is 24.1 Å². The SMILES string of the molecule is CCNC(=O)COc1cccc(CN=C(NCC)NCc2nc(C(F)(F)F)cs2)c1.I. The Morgan fingerprint density at radius 1 is 1.19 bits per heavy atom. The van der Waals surface area contributed by atoms with Gasteiger partial charge in [-0.3, -0.25) is 4.79 Å². The number of nitrogens with one attached hydrogen (secondary N) is 3. The molecule has 0 fully saturated rings. The number of hydrogen-bond acceptors (Lipinski definition) is 5. The molecule has 0 spiro atoms. The smallest absolute Gasteiger partial charge is 0.434 e. The summed E-state index contributed by atoms with van der Waals surface area (Å²) in [7, 11) is 0. The Hall–Kier alpha value is -2.09. The molecule has 7 nitrogen and oxygen atoms in total. The van der Waals surface area contributed by atoms with E-state index in [2.05, 4.69) is 25.9 Å². The van der Waals surface area contributed by atoms with Crippen LogP contribution in [-0.4, -0.2) is 36.5 Å². The maximum absolute atomic E-state index is 12.7. The fourth-order valence-corrected chi connectivity index (χ4v) is 3.06. The van der Waals surface area contributed by atoms with Crippen LogP contribution in [0.5, 0.6) is 5.75 Å². The topological polar surface area (TPSA) is 87.6 Å². The first-order chi connectivity index (χ1) is 14.3. The summed E-state index contributed by atoms with van der Waals surface area (Å²) in [5, 5.41) is 9.97. The van der Waals surface area contributed by atoms with Gasteiger partial charge >= 0.3 is 6.18 Å². The van der Waals surface area contributed by atoms with Gasteiger partial charge < -0.3 is 20.7 Å². The molecule has 1 aromatic heterocycles. The molecule has 0 unspecified atom stereocenters. The molecule has 172 valence electrons. The largest absolute Gasteiger partial charge is 0.484 e. The van der Waals surface area contributed by atoms with Gasteiger partial charge in [-0.05, 0) is 31.5 Å². The standard InChI is InChI=1S/C19H24F3N5O2S.HI/c1-3-23-16(28)11-29-14-7-5-6-13(8-14)9-25-18(24-4-2)26-10-17-27-15(12-30-17)19(20,21)22;/h5-8,12H,3-4,9-11H2,1-2H3,(H,23,28)(H2,24,25,26);1H. The van der Waals surface area contributed by atoms with Crippen LogP contribution in [0.1, 0.15) is 30.1 Å². The van der Waals surface area contributed by atoms with E-state index in [1.807, 2.05) is 19.9 Å². The Bertz CT molecular complexity index is 861. The van der Waals surface area contributed by atoms with Gasteiger partial charge in [-0.2, -0.15) is 13.2 Å². The molecule has 0 radical (unpaired) electrons. The monoisotopic (exact) mass is 571 g/mol. The van der Waals surface area contributed by atoms with Gasteiger partial charge in [0.2, 0.25) is 0 Å². The third-order valence-electron chi connectivity index (χ3n) is 3.66. The number of likely N-dealkylation sites (N-methyl/N-ethyl adjacent to an activating group) is 1. The summed E-state index contributed by atoms with van der Waals surface area (Å²) in [6.45, 7) is 5.22. The molecule has 12 heteroatoms. The summed E-state index contributed by atoms with van der Waals surface area (Å²) in [5.41, 5.74) is -0.0371. The van der Waals surface area contributed by atoms with Crippen molar-refractivity contribution in [1.29, 1.82) is 0 Å². The van der Waals surface area contributed by atoms with Crippen LogP contribution < -0.4 is 20.7 Å². The average Bonchev–Trinajstić information content (AvgIpc) is 3.19. The number of alkyl halides is 3. The van der Waals surface area contributed by atoms with Crippen molar-refractivity contribution in [3.63, 3.8) is 0 Å². The molecule has 0 aliphatic carbocycles. The first kappa shape index (κ1) is 26.9. The number of ether oxygens (including phenoxy) is 1. The lowest BCUT2D eigenvalue weighted by molar-refractivity contribution is -0.140. The van der Waals surface area contributed by atoms with Crippen molar-refractivity contribution >= 4 is 47.2 Å². The van der Waals surface area contributed by atoms with Crippen molar-refractivity contribution in [1.82, 2.24) is 20.9 Å². The summed E-state index contributed by atoms with van der Waals surface area (Å²) < 4.78 is 43.4. The first-order valence-corrected chi connectivity index (χ1v) is 10.2. The number of carbonyl (C=O) groups is 1. The Balaban J connectivity index is 0.00000480. The van der Waals surface area contributed by atoms with Gasteiger partial charge in [-0.15, -0.1) is 35.3 Å². The first-order valence-electron chi connectivity index (χ1n) is 9.34. The van der Waals surface area contributed by atoms with Crippen LogP contribution >= 0.6 is 35.3 Å². The van der Waals surface area contributed by atoms with E-state index in [0.717, 1.165) is 22.3 Å². The highest BCUT2D eigenvalue weighted by molar-refractivity contribution is 14.0. The van der Waals surface area contributed by atoms with Gasteiger partial charge in [-0.1, -0.05) is 12.1 Å². The van der Waals surface area contributed by atoms with E-state index < -0.39 is 11.9 Å². The quantitative estimate of drug-likeness (QED) is 0.244. The van der Waals surface area contributed by atoms with Crippen molar-refractivity contribution in [3.8, 4) is 5.75 Å². The van der Waals surface area contributed by atoms with E-state index in [1.165, 1.54) is 0 Å². The zero-order valence-corrected chi connectivity index (χ0v) is 20.2. The minimum Gasteiger partial charge on any atom is -0.484 e. The molecule has 31 heavy (non-hydrogen) atoms. The molecule has 0 atom stereocenters. The number of halogens is 4. The molecule has 0 saturated carbocycles. The van der Waals surface area contributed by atoms with Crippen LogP contribution in [0.4, 0.5) is 13.2 Å². The van der Waals surface area contributed by atoms with Gasteiger partial charge in [0, 0.05) is 18.5 Å². The Kier molecular flexibility index (Phi) is 11.6. The zero-order chi connectivity index (χ0) is 22.0. The molecule has 0 saturated heterocycles. The molecular weight excluding hydrogens is 546 g/mol. The lowest BCUT2D eigenvalue weighted by Gasteiger charge is -2.11. The zero-order valence-electron chi connectivity index (χ0n) is 17.1. The maximum atomic E-state index is 12.7. The molecule has 0 aliphatic heterocycles. The summed E-state index contributed by atoms with van der Waals surface area (Å²) in [6, 6.07) is 7.19. The fourth-order valence-electron chi connectivity index (χ4n) is 2.32. The number of aromatic nitrogens is 1. The second kappa shape index (κ2) is 13.3. The number of carbonyl (C=O) groups excluding carboxylic acids is 1. The summed E-state index contributed by atoms with van der Waals surface area (Å²) in [5.74, 6) is 0.805. The second-order valence-corrected chi connectivity index (χ2v) is 7.01. The van der Waals surface area contributed by atoms with Crippen LogP contribution in [0.15, 0.2) is 34.6 Å². The molecule has 0 bridgehead atoms. The highest BCUT2D eigenvalue weighted by atomic mass is 127. The van der Waals surface area contributed by atoms with Crippen molar-refractivity contribution in [2.24, 2.45) is 4.99 Å². The third kappa shape index (κ3) is 9.72. The van der Waals surface area contributed by atoms with E-state index in [9.17, 15) is 18.0 Å². The van der Waals surface area contributed by atoms with Crippen molar-refractivity contribution in [2.45, 2.75) is 33.1 Å². The molecule has 3 N–H and O–H groups in total. The van der Waals surface area contributed by atoms with Crippen LogP contribution in [0.25, 0.3) is 0 Å². The summed E-state index contributed by atoms with van der Waals surface area (Å²) in [4.78, 5) is 19.5. The van der Waals surface area contributed by atoms with Gasteiger partial charge in [0.25, 0.3) is 5.91 Å². The molecule has 1 aromatic carbocycles. The number of aliphatic imine (C=N–C) groups is 1. The number of benzene rings is 1. The van der Waals surface area contributed by atoms with Crippen LogP contribution in [0.3, 0.4) is 0 Å². The normalized spacial score (nSPS) is 11.5. The molecule has 0 aliphatic rings. The molecule has 1 amide bonds. The molecule has 2 aromatic rings. The predicted octanol–water partition coefficient (Wildman–Crippen LogP) is 3.55. The Morgan fingerprint density at radius 2 is 1.94 bits per heavy atom. The van der Waals surface area contributed by atoms with E-state index in [-0.39, 0.29) is 43.0 Å². The number of thiazole rings is 1. The molecule has 2 rings (SSSR count). The van der Waals surface area contributed by atoms with Crippen molar-refractivity contribution in [2.75, 3.05) is 19.7 Å². The molecule has 1 heterocycles. The number of rotatable bonds is 9. The van der Waals surface area contributed by atoms with E-state index >= 15 is 0 Å². The highest BCUT2D eigenvalue weighted by Crippen LogP contribution is 2.29. The van der Waals surface area contributed by atoms with Gasteiger partial charge in [-0.25, -0.2) is 9.98 Å². The van der Waals surface area contributed by atoms with Gasteiger partial charge in [0.1, 0.15) is 10.8 Å². The minimum atomic E-state index is -4.45. The lowest BCUT2D eigenvalue weighted by atomic mass is 10.2. The fraction of sp³-hybridized carbons (Fsp3) is 0.421. The second-order valence-electron chi connectivity index (χ2n) is 6.06. The average molecular weight is 571 g/mol. The predicted molar refractivity (Wildman–Crippen MR) is 125 cm³/mol. The number of nitrogens with zero attached hydrogens (tertiary/aromatic N) is 2. The van der Waals surface area contributed by atoms with Crippen LogP contribution in [0, 0.1) is 0 Å². The maximum Gasteiger partial charge on any atom is 0.434 e. The van der Waals surface area contributed by atoms with Crippen LogP contribution in [0.2, 0.25) is 0 Å². The van der Waals surface area contributed by atoms with E-state index in [1.54, 1.807) is 18.2 Å². The summed E-state index contributed by atoms with van der Waals surface area (Å²) in [6.07, 6.45) is -4.45. The highest BCUT2D eigenvalue weighted by Gasteiger charge is 2.33. The lowest BCUT2D eigenvalue weighted by Crippen LogP contribution is -2.36. The van der Waals surface area contributed by atoms with Crippen molar-refractivity contribution in [3.05, 3.63) is 45.9 Å². The number of amides is 1. The number of guanidine groups is 1. The van der Waals surface area contributed by atoms with Crippen molar-refractivity contribution < 1.29 is 22.7 Å². The minimum absolute atomic E-state index is 0. The van der Waals surface area contributed by atoms with E-state index in [4.69, 9.17) is 4.74 Å². The Labute approximate surface area is 199 Å². The summed E-state index contributed by atoms with van der Waals surface area (Å²) >= 11 is 0.938. The van der Waals surface area contributed by atoms with Gasteiger partial charge in [0.05, 0.1) is 13.1 Å². The Morgan fingerprint density at radius 3 is 2.58 bits per heavy atom. The third-order valence-corrected chi connectivity index (χ3v) is 4.50. The van der Waals surface area contributed by atoms with E-state index in [0.29, 0.717) is 36.4 Å².